The number of thiazole rings is 1. The second-order valence-corrected chi connectivity index (χ2v) is 7.80. The van der Waals surface area contributed by atoms with Gasteiger partial charge in [0, 0.05) is 19.4 Å². The van der Waals surface area contributed by atoms with Crippen molar-refractivity contribution in [2.45, 2.75) is 12.3 Å². The van der Waals surface area contributed by atoms with Crippen LogP contribution >= 0.6 is 23.1 Å². The van der Waals surface area contributed by atoms with Crippen LogP contribution in [0.2, 0.25) is 0 Å². The summed E-state index contributed by atoms with van der Waals surface area (Å²) in [6.45, 7) is 1.45. The molecule has 0 radical (unpaired) electrons. The number of fused-ring (bicyclic) bond motifs is 1. The number of benzene rings is 1. The van der Waals surface area contributed by atoms with Gasteiger partial charge in [-0.2, -0.15) is 0 Å². The molecule has 3 rings (SSSR count). The molecule has 2 heterocycles. The van der Waals surface area contributed by atoms with E-state index < -0.39 is 0 Å². The van der Waals surface area contributed by atoms with Gasteiger partial charge in [-0.3, -0.25) is 4.99 Å². The molecule has 0 amide bonds. The number of phenolic OH excluding ortho intramolecular Hbond substituents is 1. The number of thioether (sulfide) groups is 1. The molecule has 2 unspecified atom stereocenters. The van der Waals surface area contributed by atoms with E-state index in [-0.39, 0.29) is 18.1 Å². The molecule has 0 spiro atoms. The smallest absolute Gasteiger partial charge is 0.180 e. The van der Waals surface area contributed by atoms with Gasteiger partial charge in [0.1, 0.15) is 21.8 Å². The van der Waals surface area contributed by atoms with Crippen LogP contribution in [0, 0.1) is 0 Å². The Morgan fingerprint density at radius 3 is 3.00 bits per heavy atom. The molecule has 8 heteroatoms. The number of nitrogens with zero attached hydrogens (tertiary/aromatic N) is 3. The van der Waals surface area contributed by atoms with Crippen molar-refractivity contribution < 1.29 is 14.6 Å². The molecule has 1 aliphatic heterocycles. The Balaban J connectivity index is 1.71. The minimum absolute atomic E-state index is 0.0300. The number of phenols is 1. The van der Waals surface area contributed by atoms with E-state index in [9.17, 15) is 5.11 Å². The molecule has 2 atom stereocenters. The summed E-state index contributed by atoms with van der Waals surface area (Å²) in [7, 11) is 5.68. The molecule has 0 fully saturated rings. The van der Waals surface area contributed by atoms with E-state index in [1.807, 2.05) is 20.2 Å². The molecule has 1 N–H and O–H groups in total. The number of hydrogen-bond acceptors (Lipinski definition) is 8. The molecule has 0 saturated carbocycles. The Labute approximate surface area is 149 Å². The summed E-state index contributed by atoms with van der Waals surface area (Å²) >= 11 is 3.21. The second kappa shape index (κ2) is 7.79. The maximum absolute atomic E-state index is 9.58. The molecule has 0 bridgehead atoms. The maximum Gasteiger partial charge on any atom is 0.180 e. The average molecular weight is 367 g/mol. The van der Waals surface area contributed by atoms with Gasteiger partial charge in [-0.15, -0.1) is 23.1 Å². The number of aliphatic imine (C=N–C) groups is 1. The van der Waals surface area contributed by atoms with Gasteiger partial charge < -0.3 is 19.5 Å². The van der Waals surface area contributed by atoms with Crippen molar-refractivity contribution in [3.63, 3.8) is 0 Å². The van der Waals surface area contributed by atoms with Crippen LogP contribution in [0.1, 0.15) is 5.01 Å². The standard InChI is InChI=1S/C16H21N3O3S2/c1-19(2)6-7-22-16(21-3)12-9-23-14(18-12)15-17-11-5-4-10(20)8-13(11)24-15/h4-5,8,12,16,20H,6-7,9H2,1-3H3. The molecular formula is C16H21N3O3S2. The Morgan fingerprint density at radius 2 is 2.25 bits per heavy atom. The normalized spacial score (nSPS) is 19.2. The summed E-state index contributed by atoms with van der Waals surface area (Å²) in [6, 6.07) is 5.18. The van der Waals surface area contributed by atoms with Crippen molar-refractivity contribution >= 4 is 38.4 Å². The summed E-state index contributed by atoms with van der Waals surface area (Å²) in [5.41, 5.74) is 0.880. The fourth-order valence-electron chi connectivity index (χ4n) is 2.34. The number of aromatic hydroxyl groups is 1. The third kappa shape index (κ3) is 4.07. The van der Waals surface area contributed by atoms with Gasteiger partial charge in [0.05, 0.1) is 16.8 Å². The largest absolute Gasteiger partial charge is 0.508 e. The van der Waals surface area contributed by atoms with E-state index in [0.29, 0.717) is 6.61 Å². The number of ether oxygens (including phenoxy) is 2. The van der Waals surface area contributed by atoms with E-state index in [4.69, 9.17) is 14.5 Å². The van der Waals surface area contributed by atoms with Gasteiger partial charge in [0.2, 0.25) is 0 Å². The predicted octanol–water partition coefficient (Wildman–Crippen LogP) is 2.41. The summed E-state index contributed by atoms with van der Waals surface area (Å²) in [5, 5.41) is 11.4. The van der Waals surface area contributed by atoms with Gasteiger partial charge in [-0.05, 0) is 32.3 Å². The SMILES string of the molecule is COC(OCCN(C)C)C1CSC(c2nc3ccc(O)cc3s2)=N1. The predicted molar refractivity (Wildman–Crippen MR) is 99.4 cm³/mol. The molecular weight excluding hydrogens is 346 g/mol. The molecule has 130 valence electrons. The number of hydrogen-bond donors (Lipinski definition) is 1. The second-order valence-electron chi connectivity index (χ2n) is 5.76. The van der Waals surface area contributed by atoms with Crippen molar-refractivity contribution in [2.75, 3.05) is 40.1 Å². The molecule has 24 heavy (non-hydrogen) atoms. The summed E-state index contributed by atoms with van der Waals surface area (Å²) < 4.78 is 12.2. The quantitative estimate of drug-likeness (QED) is 0.758. The van der Waals surface area contributed by atoms with E-state index >= 15 is 0 Å². The highest BCUT2D eigenvalue weighted by Crippen LogP contribution is 2.32. The highest BCUT2D eigenvalue weighted by Gasteiger charge is 2.29. The Bertz CT molecular complexity index is 732. The lowest BCUT2D eigenvalue weighted by molar-refractivity contribution is -0.133. The van der Waals surface area contributed by atoms with Crippen molar-refractivity contribution in [1.29, 1.82) is 0 Å². The van der Waals surface area contributed by atoms with Crippen LogP contribution < -0.4 is 0 Å². The Morgan fingerprint density at radius 1 is 1.42 bits per heavy atom. The van der Waals surface area contributed by atoms with Gasteiger partial charge in [0.25, 0.3) is 0 Å². The van der Waals surface area contributed by atoms with E-state index in [1.54, 1.807) is 42.3 Å². The molecule has 2 aromatic rings. The van der Waals surface area contributed by atoms with E-state index in [2.05, 4.69) is 9.88 Å². The molecule has 0 aliphatic carbocycles. The van der Waals surface area contributed by atoms with Crippen molar-refractivity contribution in [3.05, 3.63) is 23.2 Å². The number of methoxy groups -OCH3 is 1. The lowest BCUT2D eigenvalue weighted by Crippen LogP contribution is -2.32. The summed E-state index contributed by atoms with van der Waals surface area (Å²) in [6.07, 6.45) is -0.339. The molecule has 1 aromatic carbocycles. The fourth-order valence-corrected chi connectivity index (χ4v) is 4.47. The van der Waals surface area contributed by atoms with Crippen LogP contribution in [-0.4, -0.2) is 72.5 Å². The summed E-state index contributed by atoms with van der Waals surface area (Å²) in [4.78, 5) is 11.4. The number of likely N-dealkylation sites (N-methyl/N-ethyl adjacent to an activating group) is 1. The van der Waals surface area contributed by atoms with Crippen LogP contribution in [0.3, 0.4) is 0 Å². The van der Waals surface area contributed by atoms with Crippen LogP contribution in [0.25, 0.3) is 10.2 Å². The van der Waals surface area contributed by atoms with Gasteiger partial charge in [0.15, 0.2) is 6.29 Å². The van der Waals surface area contributed by atoms with Crippen LogP contribution in [0.5, 0.6) is 5.75 Å². The topological polar surface area (TPSA) is 67.2 Å². The molecule has 0 saturated heterocycles. The third-order valence-electron chi connectivity index (χ3n) is 3.60. The zero-order valence-corrected chi connectivity index (χ0v) is 15.6. The van der Waals surface area contributed by atoms with Crippen LogP contribution in [0.4, 0.5) is 0 Å². The van der Waals surface area contributed by atoms with Gasteiger partial charge in [-0.1, -0.05) is 0 Å². The lowest BCUT2D eigenvalue weighted by Gasteiger charge is -2.21. The fraction of sp³-hybridized carbons (Fsp3) is 0.500. The summed E-state index contributed by atoms with van der Waals surface area (Å²) in [5.74, 6) is 1.07. The third-order valence-corrected chi connectivity index (χ3v) is 5.83. The molecule has 1 aliphatic rings. The monoisotopic (exact) mass is 367 g/mol. The maximum atomic E-state index is 9.58. The van der Waals surface area contributed by atoms with Crippen molar-refractivity contribution in [1.82, 2.24) is 9.88 Å². The van der Waals surface area contributed by atoms with Crippen LogP contribution in [-0.2, 0) is 9.47 Å². The minimum atomic E-state index is -0.339. The average Bonchev–Trinajstić information content (AvgIpc) is 3.17. The zero-order valence-electron chi connectivity index (χ0n) is 13.9. The zero-order chi connectivity index (χ0) is 17.1. The van der Waals surface area contributed by atoms with Crippen molar-refractivity contribution in [3.8, 4) is 5.75 Å². The Hall–Kier alpha value is -1.19. The highest BCUT2D eigenvalue weighted by atomic mass is 32.2. The number of aromatic nitrogens is 1. The van der Waals surface area contributed by atoms with E-state index in [1.165, 1.54) is 0 Å². The first-order chi connectivity index (χ1) is 11.6. The lowest BCUT2D eigenvalue weighted by atomic mass is 10.3. The first kappa shape index (κ1) is 17.6. The first-order valence-corrected chi connectivity index (χ1v) is 9.46. The van der Waals surface area contributed by atoms with Gasteiger partial charge >= 0.3 is 0 Å². The number of rotatable bonds is 7. The van der Waals surface area contributed by atoms with E-state index in [0.717, 1.165) is 32.6 Å². The Kier molecular flexibility index (Phi) is 5.72. The highest BCUT2D eigenvalue weighted by molar-refractivity contribution is 8.15. The minimum Gasteiger partial charge on any atom is -0.508 e. The molecule has 1 aromatic heterocycles. The van der Waals surface area contributed by atoms with Crippen molar-refractivity contribution in [2.24, 2.45) is 4.99 Å². The first-order valence-electron chi connectivity index (χ1n) is 7.66. The van der Waals surface area contributed by atoms with Crippen LogP contribution in [0.15, 0.2) is 23.2 Å². The van der Waals surface area contributed by atoms with Gasteiger partial charge in [-0.25, -0.2) is 4.98 Å². The molecule has 6 nitrogen and oxygen atoms in total.